The van der Waals surface area contributed by atoms with Crippen LogP contribution in [0.1, 0.15) is 11.1 Å². The molecule has 6 nitrogen and oxygen atoms in total. The minimum Gasteiger partial charge on any atom is -0.496 e. The average Bonchev–Trinajstić information content (AvgIpc) is 2.66. The van der Waals surface area contributed by atoms with Crippen LogP contribution in [0, 0.1) is 0 Å². The molecule has 2 rings (SSSR count). The van der Waals surface area contributed by atoms with E-state index >= 15 is 0 Å². The molecule has 0 radical (unpaired) electrons. The molecule has 0 aliphatic rings. The smallest absolute Gasteiger partial charge is 0.188 e. The fourth-order valence-corrected chi connectivity index (χ4v) is 2.61. The lowest BCUT2D eigenvalue weighted by Gasteiger charge is -2.11. The van der Waals surface area contributed by atoms with E-state index in [1.165, 1.54) is 0 Å². The molecule has 0 heterocycles. The molecule has 27 heavy (non-hydrogen) atoms. The summed E-state index contributed by atoms with van der Waals surface area (Å²) in [5.41, 5.74) is 7.97. The molecular weight excluding hydrogens is 481 g/mol. The lowest BCUT2D eigenvalue weighted by atomic mass is 10.1. The zero-order chi connectivity index (χ0) is 18.9. The number of methoxy groups -OCH3 is 3. The number of ether oxygens (including phenoxy) is 3. The van der Waals surface area contributed by atoms with Gasteiger partial charge < -0.3 is 25.3 Å². The molecule has 0 aliphatic carbocycles. The Bertz CT molecular complexity index is 772. The normalized spacial score (nSPS) is 10.7. The van der Waals surface area contributed by atoms with Crippen molar-refractivity contribution >= 4 is 41.5 Å². The predicted molar refractivity (Wildman–Crippen MR) is 120 cm³/mol. The van der Waals surface area contributed by atoms with Gasteiger partial charge in [0.15, 0.2) is 17.5 Å². The molecule has 0 atom stereocenters. The molecule has 3 N–H and O–H groups in total. The van der Waals surface area contributed by atoms with E-state index in [1.54, 1.807) is 33.5 Å². The second-order valence-electron chi connectivity index (χ2n) is 5.52. The fourth-order valence-electron chi connectivity index (χ4n) is 2.45. The molecule has 0 unspecified atom stereocenters. The van der Waals surface area contributed by atoms with Crippen molar-refractivity contribution in [2.24, 2.45) is 10.7 Å². The highest BCUT2D eigenvalue weighted by atomic mass is 127. The molecule has 0 aliphatic heterocycles. The van der Waals surface area contributed by atoms with E-state index in [4.69, 9.17) is 31.5 Å². The Kier molecular flexibility index (Phi) is 10.1. The molecule has 0 bridgehead atoms. The summed E-state index contributed by atoms with van der Waals surface area (Å²) in [4.78, 5) is 4.34. The molecule has 8 heteroatoms. The third kappa shape index (κ3) is 6.99. The summed E-state index contributed by atoms with van der Waals surface area (Å²) in [7, 11) is 4.84. The third-order valence-corrected chi connectivity index (χ3v) is 4.07. The number of hydrogen-bond acceptors (Lipinski definition) is 4. The van der Waals surface area contributed by atoms with Crippen molar-refractivity contribution in [1.82, 2.24) is 5.32 Å². The number of hydrogen-bond donors (Lipinski definition) is 2. The van der Waals surface area contributed by atoms with Gasteiger partial charge in [-0.15, -0.1) is 24.0 Å². The number of aliphatic imine (C=N–C) groups is 1. The zero-order valence-electron chi connectivity index (χ0n) is 15.6. The summed E-state index contributed by atoms with van der Waals surface area (Å²) >= 11 is 5.96. The van der Waals surface area contributed by atoms with Crippen LogP contribution >= 0.6 is 35.6 Å². The lowest BCUT2D eigenvalue weighted by molar-refractivity contribution is 0.354. The highest BCUT2D eigenvalue weighted by molar-refractivity contribution is 14.0. The number of nitrogens with zero attached hydrogens (tertiary/aromatic N) is 1. The van der Waals surface area contributed by atoms with Gasteiger partial charge in [-0.1, -0.05) is 23.7 Å². The molecule has 2 aromatic carbocycles. The van der Waals surface area contributed by atoms with Crippen LogP contribution in [0.5, 0.6) is 17.2 Å². The van der Waals surface area contributed by atoms with Gasteiger partial charge in [0, 0.05) is 17.1 Å². The Balaban J connectivity index is 0.00000364. The van der Waals surface area contributed by atoms with E-state index in [-0.39, 0.29) is 24.0 Å². The van der Waals surface area contributed by atoms with Crippen LogP contribution in [0.25, 0.3) is 0 Å². The van der Waals surface area contributed by atoms with Gasteiger partial charge in [-0.25, -0.2) is 4.99 Å². The highest BCUT2D eigenvalue weighted by Crippen LogP contribution is 2.27. The second kappa shape index (κ2) is 11.8. The van der Waals surface area contributed by atoms with Crippen LogP contribution in [-0.2, 0) is 13.0 Å². The minimum absolute atomic E-state index is 0. The van der Waals surface area contributed by atoms with Gasteiger partial charge in [-0.3, -0.25) is 0 Å². The van der Waals surface area contributed by atoms with Crippen LogP contribution < -0.4 is 25.3 Å². The van der Waals surface area contributed by atoms with Crippen LogP contribution in [0.15, 0.2) is 41.4 Å². The number of halogens is 2. The highest BCUT2D eigenvalue weighted by Gasteiger charge is 2.05. The maximum absolute atomic E-state index is 5.96. The summed E-state index contributed by atoms with van der Waals surface area (Å²) in [5.74, 6) is 2.49. The SMILES string of the molecule is COc1cc(Cl)ccc1CN=C(N)NCCc1ccc(OC)c(OC)c1.I. The Morgan fingerprint density at radius 2 is 1.70 bits per heavy atom. The van der Waals surface area contributed by atoms with Crippen molar-refractivity contribution in [2.75, 3.05) is 27.9 Å². The fraction of sp³-hybridized carbons (Fsp3) is 0.316. The van der Waals surface area contributed by atoms with Crippen molar-refractivity contribution in [2.45, 2.75) is 13.0 Å². The molecule has 0 fully saturated rings. The lowest BCUT2D eigenvalue weighted by Crippen LogP contribution is -2.33. The minimum atomic E-state index is 0. The first-order valence-electron chi connectivity index (χ1n) is 8.14. The Labute approximate surface area is 182 Å². The number of nitrogens with two attached hydrogens (primary N) is 1. The molecular formula is C19H25ClIN3O3. The van der Waals surface area contributed by atoms with Crippen molar-refractivity contribution in [3.05, 3.63) is 52.5 Å². The Morgan fingerprint density at radius 1 is 1.00 bits per heavy atom. The van der Waals surface area contributed by atoms with Crippen molar-refractivity contribution < 1.29 is 14.2 Å². The Morgan fingerprint density at radius 3 is 2.37 bits per heavy atom. The molecule has 0 aromatic heterocycles. The summed E-state index contributed by atoms with van der Waals surface area (Å²) in [6.45, 7) is 1.07. The number of benzene rings is 2. The monoisotopic (exact) mass is 505 g/mol. The third-order valence-electron chi connectivity index (χ3n) is 3.84. The molecule has 0 saturated heterocycles. The van der Waals surface area contributed by atoms with Gasteiger partial charge in [0.2, 0.25) is 0 Å². The quantitative estimate of drug-likeness (QED) is 0.325. The summed E-state index contributed by atoms with van der Waals surface area (Å²) in [6.07, 6.45) is 0.779. The van der Waals surface area contributed by atoms with Crippen molar-refractivity contribution in [3.63, 3.8) is 0 Å². The van der Waals surface area contributed by atoms with Crippen molar-refractivity contribution in [3.8, 4) is 17.2 Å². The summed E-state index contributed by atoms with van der Waals surface area (Å²) < 4.78 is 15.8. The van der Waals surface area contributed by atoms with E-state index in [2.05, 4.69) is 10.3 Å². The van der Waals surface area contributed by atoms with Gasteiger partial charge in [0.25, 0.3) is 0 Å². The Hall–Kier alpha value is -1.87. The van der Waals surface area contributed by atoms with Crippen LogP contribution in [0.4, 0.5) is 0 Å². The average molecular weight is 506 g/mol. The molecule has 0 saturated carbocycles. The first-order chi connectivity index (χ1) is 12.6. The largest absolute Gasteiger partial charge is 0.496 e. The van der Waals surface area contributed by atoms with E-state index in [0.717, 1.165) is 17.5 Å². The van der Waals surface area contributed by atoms with E-state index in [1.807, 2.05) is 24.3 Å². The van der Waals surface area contributed by atoms with Crippen LogP contribution in [0.3, 0.4) is 0 Å². The van der Waals surface area contributed by atoms with Gasteiger partial charge >= 0.3 is 0 Å². The predicted octanol–water partition coefficient (Wildman–Crippen LogP) is 3.63. The summed E-state index contributed by atoms with van der Waals surface area (Å²) in [6, 6.07) is 11.3. The summed E-state index contributed by atoms with van der Waals surface area (Å²) in [5, 5.41) is 3.73. The van der Waals surface area contributed by atoms with Crippen LogP contribution in [-0.4, -0.2) is 33.8 Å². The molecule has 148 valence electrons. The standard InChI is InChI=1S/C19H24ClN3O3.HI/c1-24-16-7-4-13(10-18(16)26-3)8-9-22-19(21)23-12-14-5-6-15(20)11-17(14)25-2;/h4-7,10-11H,8-9,12H2,1-3H3,(H3,21,22,23);1H. The van der Waals surface area contributed by atoms with Gasteiger partial charge in [0.05, 0.1) is 27.9 Å². The van der Waals surface area contributed by atoms with E-state index < -0.39 is 0 Å². The van der Waals surface area contributed by atoms with Gasteiger partial charge in [0.1, 0.15) is 5.75 Å². The first-order valence-corrected chi connectivity index (χ1v) is 8.52. The van der Waals surface area contributed by atoms with Crippen LogP contribution in [0.2, 0.25) is 5.02 Å². The van der Waals surface area contributed by atoms with Crippen molar-refractivity contribution in [1.29, 1.82) is 0 Å². The molecule has 0 amide bonds. The first kappa shape index (κ1) is 23.2. The van der Waals surface area contributed by atoms with E-state index in [0.29, 0.717) is 41.3 Å². The maximum Gasteiger partial charge on any atom is 0.188 e. The molecule has 0 spiro atoms. The van der Waals surface area contributed by atoms with Gasteiger partial charge in [-0.05, 0) is 36.2 Å². The topological polar surface area (TPSA) is 78.1 Å². The molecule has 2 aromatic rings. The zero-order valence-corrected chi connectivity index (χ0v) is 18.7. The maximum atomic E-state index is 5.96. The number of nitrogens with one attached hydrogen (secondary N) is 1. The van der Waals surface area contributed by atoms with E-state index in [9.17, 15) is 0 Å². The number of guanidine groups is 1. The number of rotatable bonds is 8. The second-order valence-corrected chi connectivity index (χ2v) is 5.96. The van der Waals surface area contributed by atoms with Gasteiger partial charge in [-0.2, -0.15) is 0 Å².